The summed E-state index contributed by atoms with van der Waals surface area (Å²) in [6.45, 7) is 2.50. The van der Waals surface area contributed by atoms with Gasteiger partial charge in [-0.25, -0.2) is 0 Å². The molecule has 36 heavy (non-hydrogen) atoms. The fourth-order valence-electron chi connectivity index (χ4n) is 4.09. The number of hydrogen-bond donors (Lipinski definition) is 2. The summed E-state index contributed by atoms with van der Waals surface area (Å²) in [5.41, 5.74) is 6.66. The van der Waals surface area contributed by atoms with Crippen molar-refractivity contribution in [2.45, 2.75) is 30.8 Å². The van der Waals surface area contributed by atoms with Crippen LogP contribution in [0.5, 0.6) is 0 Å². The Balaban J connectivity index is 1.81. The Labute approximate surface area is 213 Å². The van der Waals surface area contributed by atoms with E-state index in [1.165, 1.54) is 0 Å². The summed E-state index contributed by atoms with van der Waals surface area (Å²) in [6, 6.07) is 14.2. The Morgan fingerprint density at radius 2 is 1.97 bits per heavy atom. The number of allylic oxidation sites excluding steroid dienone is 1. The molecule has 3 aromatic rings. The molecule has 3 N–H and O–H groups in total. The minimum Gasteiger partial charge on any atom is -0.404 e. The number of halogens is 3. The number of nitrogens with zero attached hydrogens (tertiary/aromatic N) is 2. The molecule has 0 aliphatic rings. The lowest BCUT2D eigenvalue weighted by atomic mass is 9.92. The number of carbonyl (C=O) groups is 1. The predicted molar refractivity (Wildman–Crippen MR) is 143 cm³/mol. The summed E-state index contributed by atoms with van der Waals surface area (Å²) < 4.78 is 40.4. The van der Waals surface area contributed by atoms with Crippen molar-refractivity contribution in [3.05, 3.63) is 72.1 Å². The number of Topliss-reactive ketones (excluding diaryl/α,β-unsaturated/α-hetero) is 1. The minimum atomic E-state index is -4.64. The SMILES string of the molecule is CCC(CCNc1ccnc2ccc(/C(=C/N)C(=NC)C(F)(F)F)cc12)C(=O)c1cccc(SC)c1. The quantitative estimate of drug-likeness (QED) is 0.181. The molecular formula is C27H29F3N4OS. The molecule has 0 radical (unpaired) electrons. The van der Waals surface area contributed by atoms with Gasteiger partial charge >= 0.3 is 6.18 Å². The molecule has 1 aromatic heterocycles. The van der Waals surface area contributed by atoms with E-state index in [0.29, 0.717) is 41.5 Å². The molecule has 5 nitrogen and oxygen atoms in total. The lowest BCUT2D eigenvalue weighted by Gasteiger charge is -2.17. The summed E-state index contributed by atoms with van der Waals surface area (Å²) >= 11 is 1.59. The summed E-state index contributed by atoms with van der Waals surface area (Å²) in [5, 5.41) is 3.99. The number of nitrogens with two attached hydrogens (primary N) is 1. The van der Waals surface area contributed by atoms with Gasteiger partial charge in [-0.3, -0.25) is 14.8 Å². The van der Waals surface area contributed by atoms with Crippen LogP contribution in [0.2, 0.25) is 0 Å². The van der Waals surface area contributed by atoms with Gasteiger partial charge in [-0.15, -0.1) is 11.8 Å². The van der Waals surface area contributed by atoms with E-state index >= 15 is 0 Å². The molecule has 0 aliphatic heterocycles. The van der Waals surface area contributed by atoms with Gasteiger partial charge in [0, 0.05) is 59.0 Å². The average molecular weight is 515 g/mol. The number of alkyl halides is 3. The number of hydrogen-bond acceptors (Lipinski definition) is 6. The number of benzene rings is 2. The van der Waals surface area contributed by atoms with Gasteiger partial charge in [0.25, 0.3) is 0 Å². The highest BCUT2D eigenvalue weighted by Crippen LogP contribution is 2.31. The first-order valence-electron chi connectivity index (χ1n) is 11.5. The van der Waals surface area contributed by atoms with Crippen LogP contribution < -0.4 is 11.1 Å². The molecule has 0 spiro atoms. The molecule has 0 aliphatic carbocycles. The number of rotatable bonds is 10. The van der Waals surface area contributed by atoms with E-state index < -0.39 is 11.9 Å². The van der Waals surface area contributed by atoms with Gasteiger partial charge in [0.2, 0.25) is 0 Å². The number of fused-ring (bicyclic) bond motifs is 1. The van der Waals surface area contributed by atoms with Crippen molar-refractivity contribution in [1.29, 1.82) is 0 Å². The van der Waals surface area contributed by atoms with E-state index in [9.17, 15) is 18.0 Å². The Bertz CT molecular complexity index is 1290. The normalized spacial score (nSPS) is 13.6. The van der Waals surface area contributed by atoms with Gasteiger partial charge in [0.15, 0.2) is 5.78 Å². The summed E-state index contributed by atoms with van der Waals surface area (Å²) in [4.78, 5) is 21.8. The van der Waals surface area contributed by atoms with E-state index in [1.807, 2.05) is 37.4 Å². The molecule has 0 saturated heterocycles. The van der Waals surface area contributed by atoms with Crippen molar-refractivity contribution in [2.75, 3.05) is 25.2 Å². The van der Waals surface area contributed by atoms with Crippen LogP contribution in [0.3, 0.4) is 0 Å². The maximum absolute atomic E-state index is 13.5. The monoisotopic (exact) mass is 514 g/mol. The van der Waals surface area contributed by atoms with Crippen molar-refractivity contribution >= 4 is 45.4 Å². The van der Waals surface area contributed by atoms with Crippen molar-refractivity contribution in [1.82, 2.24) is 4.98 Å². The van der Waals surface area contributed by atoms with E-state index in [-0.39, 0.29) is 22.8 Å². The van der Waals surface area contributed by atoms with E-state index in [0.717, 1.165) is 18.1 Å². The number of aromatic nitrogens is 1. The summed E-state index contributed by atoms with van der Waals surface area (Å²) in [7, 11) is 1.09. The molecule has 1 unspecified atom stereocenters. The number of ketones is 1. The zero-order valence-electron chi connectivity index (χ0n) is 20.4. The standard InChI is InChI=1S/C27H29F3N4OS/c1-4-17(25(35)19-6-5-7-20(14-19)36-3)10-12-33-24-11-13-34-23-9-8-18(15-21(23)24)22(16-31)26(32-2)27(28,29)30/h5-9,11,13-17H,4,10,12,31H2,1-3H3,(H,33,34)/b22-16-,32-26?. The van der Waals surface area contributed by atoms with Crippen LogP contribution in [-0.2, 0) is 0 Å². The molecule has 3 rings (SSSR count). The molecule has 1 heterocycles. The zero-order valence-corrected chi connectivity index (χ0v) is 21.2. The fourth-order valence-corrected chi connectivity index (χ4v) is 4.55. The molecule has 0 amide bonds. The number of carbonyl (C=O) groups excluding carboxylic acids is 1. The number of nitrogens with one attached hydrogen (secondary N) is 1. The van der Waals surface area contributed by atoms with E-state index in [1.54, 1.807) is 42.2 Å². The summed E-state index contributed by atoms with van der Waals surface area (Å²) in [5.74, 6) is -0.0477. The van der Waals surface area contributed by atoms with E-state index in [4.69, 9.17) is 5.73 Å². The molecule has 9 heteroatoms. The van der Waals surface area contributed by atoms with Gasteiger partial charge < -0.3 is 11.1 Å². The van der Waals surface area contributed by atoms with E-state index in [2.05, 4.69) is 15.3 Å². The molecule has 2 aromatic carbocycles. The highest BCUT2D eigenvalue weighted by atomic mass is 32.2. The molecule has 190 valence electrons. The third-order valence-electron chi connectivity index (χ3n) is 5.99. The second kappa shape index (κ2) is 12.1. The van der Waals surface area contributed by atoms with Crippen molar-refractivity contribution < 1.29 is 18.0 Å². The van der Waals surface area contributed by atoms with Gasteiger partial charge in [-0.1, -0.05) is 25.1 Å². The first-order chi connectivity index (χ1) is 17.2. The molecule has 1 atom stereocenters. The van der Waals surface area contributed by atoms with Crippen LogP contribution in [-0.4, -0.2) is 42.5 Å². The second-order valence-electron chi connectivity index (χ2n) is 8.16. The Kier molecular flexibility index (Phi) is 9.14. The number of anilines is 1. The van der Waals surface area contributed by atoms with Crippen LogP contribution >= 0.6 is 11.8 Å². The molecular weight excluding hydrogens is 485 g/mol. The third-order valence-corrected chi connectivity index (χ3v) is 6.72. The van der Waals surface area contributed by atoms with Crippen molar-refractivity contribution in [3.8, 4) is 0 Å². The number of aliphatic imine (C=N–C) groups is 1. The fraction of sp³-hybridized carbons (Fsp3) is 0.296. The topological polar surface area (TPSA) is 80.4 Å². The van der Waals surface area contributed by atoms with Crippen LogP contribution in [0, 0.1) is 5.92 Å². The highest BCUT2D eigenvalue weighted by molar-refractivity contribution is 7.98. The first kappa shape index (κ1) is 27.3. The Hall–Kier alpha value is -3.33. The van der Waals surface area contributed by atoms with Gasteiger partial charge in [-0.05, 0) is 55.0 Å². The lowest BCUT2D eigenvalue weighted by Crippen LogP contribution is -2.25. The third kappa shape index (κ3) is 6.26. The van der Waals surface area contributed by atoms with Gasteiger partial charge in [-0.2, -0.15) is 13.2 Å². The lowest BCUT2D eigenvalue weighted by molar-refractivity contribution is -0.0572. The average Bonchev–Trinajstić information content (AvgIpc) is 2.88. The molecule has 0 fully saturated rings. The maximum Gasteiger partial charge on any atom is 0.433 e. The minimum absolute atomic E-state index is 0.105. The highest BCUT2D eigenvalue weighted by Gasteiger charge is 2.38. The van der Waals surface area contributed by atoms with Gasteiger partial charge in [0.05, 0.1) is 5.52 Å². The second-order valence-corrected chi connectivity index (χ2v) is 9.04. The molecule has 0 bridgehead atoms. The summed E-state index contributed by atoms with van der Waals surface area (Å²) in [6.07, 6.45) is 1.20. The van der Waals surface area contributed by atoms with Gasteiger partial charge in [0.1, 0.15) is 5.71 Å². The largest absolute Gasteiger partial charge is 0.433 e. The maximum atomic E-state index is 13.5. The first-order valence-corrected chi connectivity index (χ1v) is 12.7. The van der Waals surface area contributed by atoms with Crippen LogP contribution in [0.15, 0.2) is 70.8 Å². The van der Waals surface area contributed by atoms with Crippen LogP contribution in [0.25, 0.3) is 16.5 Å². The van der Waals surface area contributed by atoms with Crippen LogP contribution in [0.1, 0.15) is 35.7 Å². The Morgan fingerprint density at radius 3 is 2.61 bits per heavy atom. The Morgan fingerprint density at radius 1 is 1.19 bits per heavy atom. The predicted octanol–water partition coefficient (Wildman–Crippen LogP) is 6.60. The van der Waals surface area contributed by atoms with Crippen molar-refractivity contribution in [3.63, 3.8) is 0 Å². The number of pyridine rings is 1. The number of thioether (sulfide) groups is 1. The smallest absolute Gasteiger partial charge is 0.404 e. The zero-order chi connectivity index (χ0) is 26.3. The molecule has 0 saturated carbocycles. The van der Waals surface area contributed by atoms with Crippen LogP contribution in [0.4, 0.5) is 18.9 Å². The van der Waals surface area contributed by atoms with Crippen molar-refractivity contribution in [2.24, 2.45) is 16.6 Å².